The molecule has 0 nitrogen and oxygen atoms in total. The van der Waals surface area contributed by atoms with Gasteiger partial charge in [0.2, 0.25) is 0 Å². The van der Waals surface area contributed by atoms with Crippen molar-refractivity contribution in [1.29, 1.82) is 0 Å². The van der Waals surface area contributed by atoms with Crippen molar-refractivity contribution in [3.63, 3.8) is 0 Å². The zero-order valence-corrected chi connectivity index (χ0v) is 6.29. The molecular formula is C6H9LiS. The van der Waals surface area contributed by atoms with E-state index in [0.717, 1.165) is 5.75 Å². The van der Waals surface area contributed by atoms with Crippen molar-refractivity contribution in [2.75, 3.05) is 5.75 Å². The van der Waals surface area contributed by atoms with Crippen LogP contribution in [0.3, 0.4) is 0 Å². The molecule has 0 radical (unpaired) electrons. The van der Waals surface area contributed by atoms with Gasteiger partial charge < -0.3 is 0 Å². The summed E-state index contributed by atoms with van der Waals surface area (Å²) in [5, 5.41) is 2.96. The molecule has 0 aliphatic carbocycles. The molecule has 0 atom stereocenters. The first-order chi connectivity index (χ1) is 3.41. The minimum atomic E-state index is 0. The van der Waals surface area contributed by atoms with E-state index in [1.807, 2.05) is 6.08 Å². The van der Waals surface area contributed by atoms with Gasteiger partial charge in [0.1, 0.15) is 0 Å². The molecule has 0 spiro atoms. The molecular weight excluding hydrogens is 111 g/mol. The largest absolute Gasteiger partial charge is 1.00 e. The SMILES string of the molecule is C=CC=[C-]SCC.[Li+]. The monoisotopic (exact) mass is 120 g/mol. The van der Waals surface area contributed by atoms with E-state index in [2.05, 4.69) is 18.9 Å². The van der Waals surface area contributed by atoms with E-state index in [4.69, 9.17) is 0 Å². The van der Waals surface area contributed by atoms with Crippen molar-refractivity contribution >= 4 is 11.8 Å². The third-order valence-corrected chi connectivity index (χ3v) is 1.00. The summed E-state index contributed by atoms with van der Waals surface area (Å²) in [6.07, 6.45) is 3.54. The van der Waals surface area contributed by atoms with Crippen LogP contribution in [0, 0.1) is 5.41 Å². The first-order valence-corrected chi connectivity index (χ1v) is 3.22. The van der Waals surface area contributed by atoms with Crippen LogP contribution in [-0.4, -0.2) is 5.75 Å². The molecule has 0 aliphatic heterocycles. The van der Waals surface area contributed by atoms with Crippen molar-refractivity contribution in [3.05, 3.63) is 24.1 Å². The summed E-state index contributed by atoms with van der Waals surface area (Å²) in [6.45, 7) is 5.59. The average molecular weight is 120 g/mol. The fourth-order valence-corrected chi connectivity index (χ4v) is 0.539. The van der Waals surface area contributed by atoms with Crippen LogP contribution in [0.4, 0.5) is 0 Å². The summed E-state index contributed by atoms with van der Waals surface area (Å²) in [6, 6.07) is 0. The Bertz CT molecular complexity index is 68.9. The fourth-order valence-electron chi connectivity index (χ4n) is 0.180. The first kappa shape index (κ1) is 11.3. The van der Waals surface area contributed by atoms with Crippen LogP contribution in [0.25, 0.3) is 0 Å². The van der Waals surface area contributed by atoms with E-state index in [0.29, 0.717) is 0 Å². The minimum absolute atomic E-state index is 0. The second-order valence-electron chi connectivity index (χ2n) is 0.953. The third kappa shape index (κ3) is 9.66. The van der Waals surface area contributed by atoms with Gasteiger partial charge in [0, 0.05) is 0 Å². The van der Waals surface area contributed by atoms with Crippen LogP contribution in [-0.2, 0) is 0 Å². The Labute approximate surface area is 67.6 Å². The summed E-state index contributed by atoms with van der Waals surface area (Å²) >= 11 is 1.66. The molecule has 0 saturated carbocycles. The average Bonchev–Trinajstić information content (AvgIpc) is 1.69. The Balaban J connectivity index is 0. The molecule has 0 bridgehead atoms. The molecule has 8 heavy (non-hydrogen) atoms. The third-order valence-electron chi connectivity index (χ3n) is 0.414. The van der Waals surface area contributed by atoms with Gasteiger partial charge in [0.05, 0.1) is 0 Å². The van der Waals surface area contributed by atoms with Gasteiger partial charge in [0.15, 0.2) is 0 Å². The van der Waals surface area contributed by atoms with Crippen LogP contribution in [0.2, 0.25) is 0 Å². The normalized spacial score (nSPS) is 8.62. The van der Waals surface area contributed by atoms with Gasteiger partial charge in [-0.25, -0.2) is 29.3 Å². The molecule has 0 fully saturated rings. The number of hydrogen-bond acceptors (Lipinski definition) is 1. The van der Waals surface area contributed by atoms with Gasteiger partial charge in [-0.1, -0.05) is 6.92 Å². The minimum Gasteiger partial charge on any atom is -0.246 e. The van der Waals surface area contributed by atoms with Crippen molar-refractivity contribution < 1.29 is 18.9 Å². The molecule has 40 valence electrons. The van der Waals surface area contributed by atoms with Crippen molar-refractivity contribution in [2.24, 2.45) is 0 Å². The quantitative estimate of drug-likeness (QED) is 0.268. The number of thioether (sulfide) groups is 1. The maximum atomic E-state index is 3.50. The zero-order valence-electron chi connectivity index (χ0n) is 5.48. The van der Waals surface area contributed by atoms with Gasteiger partial charge in [-0.3, -0.25) is 0 Å². The molecule has 0 N–H and O–H groups in total. The second kappa shape index (κ2) is 10.4. The molecule has 0 unspecified atom stereocenters. The van der Waals surface area contributed by atoms with Gasteiger partial charge in [0.25, 0.3) is 0 Å². The smallest absolute Gasteiger partial charge is 0.246 e. The Morgan fingerprint density at radius 3 is 2.75 bits per heavy atom. The standard InChI is InChI=1S/C6H9S.Li/c1-3-5-6-7-4-2;/h3,5H,1,4H2,2H3;/q-1;+1. The van der Waals surface area contributed by atoms with Crippen molar-refractivity contribution in [1.82, 2.24) is 0 Å². The van der Waals surface area contributed by atoms with Gasteiger partial charge in [-0.2, -0.15) is 6.58 Å². The van der Waals surface area contributed by atoms with E-state index in [1.54, 1.807) is 17.8 Å². The van der Waals surface area contributed by atoms with Gasteiger partial charge in [-0.05, 0) is 5.75 Å². The molecule has 0 rings (SSSR count). The Kier molecular flexibility index (Phi) is 14.7. The van der Waals surface area contributed by atoms with E-state index < -0.39 is 0 Å². The summed E-state index contributed by atoms with van der Waals surface area (Å²) in [5.41, 5.74) is 0. The fraction of sp³-hybridized carbons (Fsp3) is 0.333. The summed E-state index contributed by atoms with van der Waals surface area (Å²) in [5.74, 6) is 1.09. The second-order valence-corrected chi connectivity index (χ2v) is 2.05. The van der Waals surface area contributed by atoms with Crippen LogP contribution < -0.4 is 18.9 Å². The summed E-state index contributed by atoms with van der Waals surface area (Å²) in [4.78, 5) is 0. The van der Waals surface area contributed by atoms with Crippen LogP contribution >= 0.6 is 11.8 Å². The molecule has 0 aromatic carbocycles. The molecule has 0 aromatic rings. The maximum absolute atomic E-state index is 3.50. The van der Waals surface area contributed by atoms with Gasteiger partial charge in [-0.15, -0.1) is 0 Å². The molecule has 0 saturated heterocycles. The van der Waals surface area contributed by atoms with Gasteiger partial charge >= 0.3 is 18.9 Å². The van der Waals surface area contributed by atoms with E-state index >= 15 is 0 Å². The van der Waals surface area contributed by atoms with E-state index in [9.17, 15) is 0 Å². The molecule has 2 heteroatoms. The topological polar surface area (TPSA) is 0 Å². The molecule has 0 heterocycles. The molecule has 0 aromatic heterocycles. The number of rotatable bonds is 3. The number of hydrogen-bond donors (Lipinski definition) is 0. The summed E-state index contributed by atoms with van der Waals surface area (Å²) in [7, 11) is 0. The number of allylic oxidation sites excluding steroid dienone is 2. The Hall–Kier alpha value is 0.427. The zero-order chi connectivity index (χ0) is 5.54. The molecule has 0 aliphatic rings. The van der Waals surface area contributed by atoms with Crippen LogP contribution in [0.5, 0.6) is 0 Å². The molecule has 0 amide bonds. The Morgan fingerprint density at radius 1 is 1.75 bits per heavy atom. The first-order valence-electron chi connectivity index (χ1n) is 2.23. The Morgan fingerprint density at radius 2 is 2.38 bits per heavy atom. The summed E-state index contributed by atoms with van der Waals surface area (Å²) < 4.78 is 0. The van der Waals surface area contributed by atoms with Crippen molar-refractivity contribution in [3.8, 4) is 0 Å². The van der Waals surface area contributed by atoms with E-state index in [1.165, 1.54) is 0 Å². The van der Waals surface area contributed by atoms with Crippen LogP contribution in [0.1, 0.15) is 6.92 Å². The van der Waals surface area contributed by atoms with Crippen LogP contribution in [0.15, 0.2) is 18.7 Å². The maximum Gasteiger partial charge on any atom is 1.00 e. The van der Waals surface area contributed by atoms with Crippen molar-refractivity contribution in [2.45, 2.75) is 6.92 Å². The predicted molar refractivity (Wildman–Crippen MR) is 36.1 cm³/mol. The van der Waals surface area contributed by atoms with E-state index in [-0.39, 0.29) is 18.9 Å². The predicted octanol–water partition coefficient (Wildman–Crippen LogP) is -0.754.